The summed E-state index contributed by atoms with van der Waals surface area (Å²) in [4.78, 5) is 24.0. The molecule has 2 amide bonds. The second-order valence-corrected chi connectivity index (χ2v) is 6.03. The van der Waals surface area contributed by atoms with E-state index in [1.54, 1.807) is 29.6 Å². The number of hydrogen-bond donors (Lipinski definition) is 3. The molecule has 0 saturated carbocycles. The van der Waals surface area contributed by atoms with Crippen LogP contribution in [0.3, 0.4) is 0 Å². The number of para-hydroxylation sites is 2. The number of alkyl halides is 3. The third kappa shape index (κ3) is 6.37. The molecular formula is C19H19F4N3O3. The predicted molar refractivity (Wildman–Crippen MR) is 99.6 cm³/mol. The van der Waals surface area contributed by atoms with E-state index in [0.717, 1.165) is 6.07 Å². The van der Waals surface area contributed by atoms with Crippen LogP contribution in [0.5, 0.6) is 5.75 Å². The van der Waals surface area contributed by atoms with Crippen molar-refractivity contribution < 1.29 is 31.9 Å². The van der Waals surface area contributed by atoms with Crippen LogP contribution in [-0.2, 0) is 4.79 Å². The molecule has 0 radical (unpaired) electrons. The molecule has 0 saturated heterocycles. The van der Waals surface area contributed by atoms with Gasteiger partial charge in [0.25, 0.3) is 5.91 Å². The SMILES string of the molecule is COc1ccccc1NC(=O)CNc1cc(C(=O)NCC(F)(F)F)cc(F)c1C. The minimum absolute atomic E-state index is 0.109. The van der Waals surface area contributed by atoms with Crippen molar-refractivity contribution in [1.29, 1.82) is 0 Å². The van der Waals surface area contributed by atoms with Crippen LogP contribution in [0.2, 0.25) is 0 Å². The Morgan fingerprint density at radius 1 is 1.10 bits per heavy atom. The maximum atomic E-state index is 14.1. The highest BCUT2D eigenvalue weighted by Gasteiger charge is 2.28. The van der Waals surface area contributed by atoms with E-state index in [1.807, 2.05) is 0 Å². The minimum atomic E-state index is -4.59. The van der Waals surface area contributed by atoms with Gasteiger partial charge in [-0.2, -0.15) is 13.2 Å². The second-order valence-electron chi connectivity index (χ2n) is 6.03. The van der Waals surface area contributed by atoms with Crippen LogP contribution in [0.4, 0.5) is 28.9 Å². The number of ether oxygens (including phenoxy) is 1. The average molecular weight is 413 g/mol. The highest BCUT2D eigenvalue weighted by Crippen LogP contribution is 2.24. The predicted octanol–water partition coefficient (Wildman–Crippen LogP) is 3.49. The minimum Gasteiger partial charge on any atom is -0.495 e. The summed E-state index contributed by atoms with van der Waals surface area (Å²) in [5, 5.41) is 6.97. The first-order chi connectivity index (χ1) is 13.6. The van der Waals surface area contributed by atoms with Gasteiger partial charge in [0.2, 0.25) is 5.91 Å². The topological polar surface area (TPSA) is 79.5 Å². The Morgan fingerprint density at radius 2 is 1.79 bits per heavy atom. The van der Waals surface area contributed by atoms with Gasteiger partial charge in [0.1, 0.15) is 18.1 Å². The number of anilines is 2. The third-order valence-corrected chi connectivity index (χ3v) is 3.88. The van der Waals surface area contributed by atoms with Crippen molar-refractivity contribution in [2.45, 2.75) is 13.1 Å². The first-order valence-electron chi connectivity index (χ1n) is 8.42. The molecule has 3 N–H and O–H groups in total. The van der Waals surface area contributed by atoms with Crippen LogP contribution in [-0.4, -0.2) is 38.2 Å². The van der Waals surface area contributed by atoms with Crippen molar-refractivity contribution >= 4 is 23.2 Å². The van der Waals surface area contributed by atoms with Crippen molar-refractivity contribution in [3.8, 4) is 5.75 Å². The summed E-state index contributed by atoms with van der Waals surface area (Å²) in [5.41, 5.74) is 0.356. The van der Waals surface area contributed by atoms with Gasteiger partial charge >= 0.3 is 6.18 Å². The highest BCUT2D eigenvalue weighted by molar-refractivity contribution is 5.97. The van der Waals surface area contributed by atoms with E-state index in [0.29, 0.717) is 11.4 Å². The Kier molecular flexibility index (Phi) is 7.03. The van der Waals surface area contributed by atoms with Crippen LogP contribution in [0, 0.1) is 12.7 Å². The molecule has 2 aromatic rings. The van der Waals surface area contributed by atoms with Gasteiger partial charge in [-0.1, -0.05) is 12.1 Å². The maximum absolute atomic E-state index is 14.1. The number of rotatable bonds is 7. The first kappa shape index (κ1) is 22.0. The number of methoxy groups -OCH3 is 1. The fourth-order valence-corrected chi connectivity index (χ4v) is 2.39. The molecule has 10 heteroatoms. The quantitative estimate of drug-likeness (QED) is 0.608. The van der Waals surface area contributed by atoms with Gasteiger partial charge in [0.05, 0.1) is 19.3 Å². The molecule has 156 valence electrons. The molecule has 29 heavy (non-hydrogen) atoms. The van der Waals surface area contributed by atoms with Gasteiger partial charge < -0.3 is 20.7 Å². The Labute approximate surface area is 164 Å². The standard InChI is InChI=1S/C19H19F4N3O3/c1-11-13(20)7-12(18(28)25-10-19(21,22)23)8-15(11)24-9-17(27)26-14-5-3-4-6-16(14)29-2/h3-8,24H,9-10H2,1-2H3,(H,25,28)(H,26,27). The molecule has 0 aliphatic rings. The number of benzene rings is 2. The lowest BCUT2D eigenvalue weighted by Gasteiger charge is -2.14. The number of carbonyl (C=O) groups excluding carboxylic acids is 2. The number of hydrogen-bond acceptors (Lipinski definition) is 4. The van der Waals surface area contributed by atoms with Crippen LogP contribution < -0.4 is 20.7 Å². The summed E-state index contributed by atoms with van der Waals surface area (Å²) in [5.74, 6) is -1.90. The monoisotopic (exact) mass is 413 g/mol. The summed E-state index contributed by atoms with van der Waals surface area (Å²) in [7, 11) is 1.45. The van der Waals surface area contributed by atoms with Crippen molar-refractivity contribution in [2.24, 2.45) is 0 Å². The Morgan fingerprint density at radius 3 is 2.45 bits per heavy atom. The van der Waals surface area contributed by atoms with Crippen LogP contribution in [0.25, 0.3) is 0 Å². The Balaban J connectivity index is 2.07. The molecule has 0 aliphatic heterocycles. The van der Waals surface area contributed by atoms with Crippen molar-refractivity contribution in [1.82, 2.24) is 5.32 Å². The van der Waals surface area contributed by atoms with E-state index in [4.69, 9.17) is 4.74 Å². The van der Waals surface area contributed by atoms with Crippen molar-refractivity contribution in [2.75, 3.05) is 30.8 Å². The van der Waals surface area contributed by atoms with E-state index in [9.17, 15) is 27.2 Å². The molecule has 0 bridgehead atoms. The van der Waals surface area contributed by atoms with Gasteiger partial charge in [-0.3, -0.25) is 9.59 Å². The Hall–Kier alpha value is -3.30. The Bertz CT molecular complexity index is 901. The summed E-state index contributed by atoms with van der Waals surface area (Å²) >= 11 is 0. The number of carbonyl (C=O) groups is 2. The molecule has 0 aromatic heterocycles. The van der Waals surface area contributed by atoms with Crippen LogP contribution in [0.1, 0.15) is 15.9 Å². The molecule has 0 spiro atoms. The van der Waals surface area contributed by atoms with Gasteiger partial charge in [0.15, 0.2) is 0 Å². The summed E-state index contributed by atoms with van der Waals surface area (Å²) in [6.07, 6.45) is -4.59. The van der Waals surface area contributed by atoms with Gasteiger partial charge in [0, 0.05) is 16.8 Å². The molecule has 0 aliphatic carbocycles. The highest BCUT2D eigenvalue weighted by atomic mass is 19.4. The number of nitrogens with one attached hydrogen (secondary N) is 3. The van der Waals surface area contributed by atoms with E-state index in [2.05, 4.69) is 10.6 Å². The van der Waals surface area contributed by atoms with E-state index >= 15 is 0 Å². The van der Waals surface area contributed by atoms with E-state index in [1.165, 1.54) is 20.1 Å². The van der Waals surface area contributed by atoms with Gasteiger partial charge in [-0.15, -0.1) is 0 Å². The van der Waals surface area contributed by atoms with Gasteiger partial charge in [-0.25, -0.2) is 4.39 Å². The maximum Gasteiger partial charge on any atom is 0.405 e. The zero-order valence-corrected chi connectivity index (χ0v) is 15.6. The van der Waals surface area contributed by atoms with E-state index in [-0.39, 0.29) is 23.4 Å². The molecule has 6 nitrogen and oxygen atoms in total. The molecule has 0 fully saturated rings. The fourth-order valence-electron chi connectivity index (χ4n) is 2.39. The van der Waals surface area contributed by atoms with Gasteiger partial charge in [-0.05, 0) is 31.2 Å². The second kappa shape index (κ2) is 9.26. The first-order valence-corrected chi connectivity index (χ1v) is 8.42. The molecule has 2 rings (SSSR count). The van der Waals surface area contributed by atoms with Crippen molar-refractivity contribution in [3.63, 3.8) is 0 Å². The molecule has 0 unspecified atom stereocenters. The smallest absolute Gasteiger partial charge is 0.405 e. The summed E-state index contributed by atoms with van der Waals surface area (Å²) in [6.45, 7) is -0.398. The number of amides is 2. The lowest BCUT2D eigenvalue weighted by molar-refractivity contribution is -0.123. The van der Waals surface area contributed by atoms with Crippen LogP contribution in [0.15, 0.2) is 36.4 Å². The molecule has 0 atom stereocenters. The zero-order valence-electron chi connectivity index (χ0n) is 15.6. The third-order valence-electron chi connectivity index (χ3n) is 3.88. The zero-order chi connectivity index (χ0) is 21.6. The average Bonchev–Trinajstić information content (AvgIpc) is 2.67. The normalized spacial score (nSPS) is 11.0. The molecule has 2 aromatic carbocycles. The lowest BCUT2D eigenvalue weighted by Crippen LogP contribution is -2.33. The largest absolute Gasteiger partial charge is 0.495 e. The lowest BCUT2D eigenvalue weighted by atomic mass is 10.1. The van der Waals surface area contributed by atoms with E-state index < -0.39 is 30.4 Å². The fraction of sp³-hybridized carbons (Fsp3) is 0.263. The molecular weight excluding hydrogens is 394 g/mol. The number of halogens is 4. The summed E-state index contributed by atoms with van der Waals surface area (Å²) in [6, 6.07) is 8.74. The van der Waals surface area contributed by atoms with Crippen LogP contribution >= 0.6 is 0 Å². The molecule has 0 heterocycles. The summed E-state index contributed by atoms with van der Waals surface area (Å²) < 4.78 is 55.9. The van der Waals surface area contributed by atoms with Crippen molar-refractivity contribution in [3.05, 3.63) is 53.3 Å².